The number of rotatable bonds is 1. The Balaban J connectivity index is 0.000000980. The predicted octanol–water partition coefficient (Wildman–Crippen LogP) is 0.0943. The number of benzene rings is 1. The second-order valence-corrected chi connectivity index (χ2v) is 2.78. The Morgan fingerprint density at radius 3 is 2.29 bits per heavy atom. The van der Waals surface area contributed by atoms with Gasteiger partial charge in [-0.05, 0) is 12.1 Å². The molecule has 0 bridgehead atoms. The van der Waals surface area contributed by atoms with E-state index < -0.39 is 0 Å². The SMILES string of the molecule is O=C1CN(c2ccccc2)C(=O)N1.[NaH]. The molecule has 5 heteroatoms. The van der Waals surface area contributed by atoms with Crippen molar-refractivity contribution in [1.29, 1.82) is 0 Å². The van der Waals surface area contributed by atoms with E-state index in [2.05, 4.69) is 5.32 Å². The number of carbonyl (C=O) groups is 2. The maximum absolute atomic E-state index is 11.2. The zero-order valence-corrected chi connectivity index (χ0v) is 6.86. The van der Waals surface area contributed by atoms with Crippen LogP contribution in [0.4, 0.5) is 10.5 Å². The molecule has 1 N–H and O–H groups in total. The van der Waals surface area contributed by atoms with E-state index in [4.69, 9.17) is 0 Å². The summed E-state index contributed by atoms with van der Waals surface area (Å²) in [6.45, 7) is 0.114. The molecule has 0 spiro atoms. The number of amides is 3. The average Bonchev–Trinajstić information content (AvgIpc) is 2.47. The van der Waals surface area contributed by atoms with E-state index in [-0.39, 0.29) is 48.0 Å². The standard InChI is InChI=1S/C9H8N2O2.Na.H/c12-8-6-11(9(13)10-8)7-4-2-1-3-5-7;;/h1-5H,6H2,(H,10,12,13);;. The van der Waals surface area contributed by atoms with Gasteiger partial charge < -0.3 is 0 Å². The van der Waals surface area contributed by atoms with Gasteiger partial charge in [0.2, 0.25) is 5.91 Å². The number of hydrogen-bond donors (Lipinski definition) is 1. The molecule has 3 amide bonds. The first-order valence-corrected chi connectivity index (χ1v) is 3.94. The number of anilines is 1. The summed E-state index contributed by atoms with van der Waals surface area (Å²) in [6.07, 6.45) is 0. The molecule has 0 unspecified atom stereocenters. The second-order valence-electron chi connectivity index (χ2n) is 2.78. The van der Waals surface area contributed by atoms with Crippen LogP contribution >= 0.6 is 0 Å². The van der Waals surface area contributed by atoms with Crippen molar-refractivity contribution in [1.82, 2.24) is 5.32 Å². The van der Waals surface area contributed by atoms with Crippen LogP contribution in [0, 0.1) is 0 Å². The van der Waals surface area contributed by atoms with E-state index in [0.29, 0.717) is 0 Å². The van der Waals surface area contributed by atoms with E-state index in [1.807, 2.05) is 18.2 Å². The molecule has 68 valence electrons. The first-order valence-electron chi connectivity index (χ1n) is 3.94. The van der Waals surface area contributed by atoms with Crippen LogP contribution in [-0.4, -0.2) is 48.0 Å². The minimum absolute atomic E-state index is 0. The van der Waals surface area contributed by atoms with E-state index in [1.165, 1.54) is 4.90 Å². The number of imide groups is 1. The molecule has 14 heavy (non-hydrogen) atoms. The van der Waals surface area contributed by atoms with E-state index in [0.717, 1.165) is 5.69 Å². The molecular weight excluding hydrogens is 191 g/mol. The maximum atomic E-state index is 11.2. The van der Waals surface area contributed by atoms with Crippen LogP contribution in [0.25, 0.3) is 0 Å². The van der Waals surface area contributed by atoms with Gasteiger partial charge >= 0.3 is 35.6 Å². The fourth-order valence-corrected chi connectivity index (χ4v) is 1.26. The Labute approximate surface area is 104 Å². The Kier molecular flexibility index (Phi) is 3.69. The summed E-state index contributed by atoms with van der Waals surface area (Å²) >= 11 is 0. The van der Waals surface area contributed by atoms with Crippen molar-refractivity contribution in [2.45, 2.75) is 0 Å². The molecule has 1 aliphatic heterocycles. The first-order chi connectivity index (χ1) is 6.27. The summed E-state index contributed by atoms with van der Waals surface area (Å²) < 4.78 is 0. The van der Waals surface area contributed by atoms with Crippen molar-refractivity contribution in [2.75, 3.05) is 11.4 Å². The molecule has 2 rings (SSSR count). The van der Waals surface area contributed by atoms with Crippen molar-refractivity contribution in [3.05, 3.63) is 30.3 Å². The third-order valence-electron chi connectivity index (χ3n) is 1.86. The summed E-state index contributed by atoms with van der Waals surface area (Å²) in [7, 11) is 0. The van der Waals surface area contributed by atoms with E-state index in [9.17, 15) is 9.59 Å². The number of hydrogen-bond acceptors (Lipinski definition) is 2. The van der Waals surface area contributed by atoms with E-state index in [1.54, 1.807) is 12.1 Å². The Morgan fingerprint density at radius 2 is 1.79 bits per heavy atom. The Bertz CT molecular complexity index is 353. The van der Waals surface area contributed by atoms with Crippen LogP contribution in [0.2, 0.25) is 0 Å². The third-order valence-corrected chi connectivity index (χ3v) is 1.86. The van der Waals surface area contributed by atoms with Gasteiger partial charge in [0.05, 0.1) is 0 Å². The van der Waals surface area contributed by atoms with Crippen molar-refractivity contribution in [2.24, 2.45) is 0 Å². The van der Waals surface area contributed by atoms with Crippen molar-refractivity contribution in [3.63, 3.8) is 0 Å². The van der Waals surface area contributed by atoms with Gasteiger partial charge in [0.15, 0.2) is 0 Å². The number of carbonyl (C=O) groups excluding carboxylic acids is 2. The molecule has 0 aromatic heterocycles. The van der Waals surface area contributed by atoms with Gasteiger partial charge in [-0.15, -0.1) is 0 Å². The minimum atomic E-state index is -0.351. The van der Waals surface area contributed by atoms with E-state index >= 15 is 0 Å². The van der Waals surface area contributed by atoms with Crippen LogP contribution < -0.4 is 10.2 Å². The molecule has 1 fully saturated rings. The van der Waals surface area contributed by atoms with Gasteiger partial charge in [-0.2, -0.15) is 0 Å². The van der Waals surface area contributed by atoms with Gasteiger partial charge in [-0.1, -0.05) is 18.2 Å². The Hall–Kier alpha value is -0.840. The van der Waals surface area contributed by atoms with Crippen molar-refractivity contribution in [3.8, 4) is 0 Å². The Morgan fingerprint density at radius 1 is 1.14 bits per heavy atom. The zero-order chi connectivity index (χ0) is 9.26. The van der Waals surface area contributed by atoms with Crippen LogP contribution in [0.1, 0.15) is 0 Å². The average molecular weight is 200 g/mol. The normalized spacial score (nSPS) is 15.0. The summed E-state index contributed by atoms with van der Waals surface area (Å²) in [6, 6.07) is 8.74. The molecule has 0 aliphatic carbocycles. The monoisotopic (exact) mass is 200 g/mol. The molecular formula is C9H9N2NaO2. The second kappa shape index (κ2) is 4.59. The van der Waals surface area contributed by atoms with Crippen LogP contribution in [0.3, 0.4) is 0 Å². The zero-order valence-electron chi connectivity index (χ0n) is 6.86. The predicted molar refractivity (Wildman–Crippen MR) is 54.5 cm³/mol. The van der Waals surface area contributed by atoms with Gasteiger partial charge in [-0.3, -0.25) is 15.0 Å². The van der Waals surface area contributed by atoms with Crippen LogP contribution in [0.5, 0.6) is 0 Å². The van der Waals surface area contributed by atoms with Crippen LogP contribution in [-0.2, 0) is 4.79 Å². The fraction of sp³-hybridized carbons (Fsp3) is 0.111. The molecule has 1 aromatic rings. The fourth-order valence-electron chi connectivity index (χ4n) is 1.26. The molecule has 0 radical (unpaired) electrons. The van der Waals surface area contributed by atoms with Crippen molar-refractivity contribution >= 4 is 47.2 Å². The van der Waals surface area contributed by atoms with Gasteiger partial charge in [0, 0.05) is 5.69 Å². The van der Waals surface area contributed by atoms with Gasteiger partial charge in [0.25, 0.3) is 0 Å². The number of nitrogens with zero attached hydrogens (tertiary/aromatic N) is 1. The summed E-state index contributed by atoms with van der Waals surface area (Å²) in [5.41, 5.74) is 0.742. The van der Waals surface area contributed by atoms with Crippen molar-refractivity contribution < 1.29 is 9.59 Å². The molecule has 1 aromatic carbocycles. The first kappa shape index (κ1) is 11.2. The van der Waals surface area contributed by atoms with Gasteiger partial charge in [-0.25, -0.2) is 4.79 Å². The third kappa shape index (κ3) is 2.15. The molecule has 1 aliphatic rings. The molecule has 1 saturated heterocycles. The molecule has 0 saturated carbocycles. The molecule has 4 nitrogen and oxygen atoms in total. The summed E-state index contributed by atoms with van der Waals surface area (Å²) in [5.74, 6) is -0.256. The number of urea groups is 1. The number of para-hydroxylation sites is 1. The van der Waals surface area contributed by atoms with Crippen LogP contribution in [0.15, 0.2) is 30.3 Å². The summed E-state index contributed by atoms with van der Waals surface area (Å²) in [4.78, 5) is 23.4. The van der Waals surface area contributed by atoms with Gasteiger partial charge in [0.1, 0.15) is 6.54 Å². The molecule has 1 heterocycles. The topological polar surface area (TPSA) is 49.4 Å². The molecule has 0 atom stereocenters. The summed E-state index contributed by atoms with van der Waals surface area (Å²) in [5, 5.41) is 2.21. The number of nitrogens with one attached hydrogen (secondary N) is 1. The quantitative estimate of drug-likeness (QED) is 0.516.